The maximum Gasteiger partial charge on any atom is 0.307 e. The van der Waals surface area contributed by atoms with Gasteiger partial charge in [0, 0.05) is 11.6 Å². The normalized spacial score (nSPS) is 11.8. The molecular formula is C13H18BrNO4. The van der Waals surface area contributed by atoms with Gasteiger partial charge in [0.2, 0.25) is 0 Å². The van der Waals surface area contributed by atoms with Crippen molar-refractivity contribution in [2.75, 3.05) is 20.8 Å². The van der Waals surface area contributed by atoms with E-state index in [1.54, 1.807) is 33.3 Å². The van der Waals surface area contributed by atoms with Crippen LogP contribution in [0.3, 0.4) is 0 Å². The number of hydrogen-bond donors (Lipinski definition) is 1. The molecule has 0 unspecified atom stereocenters. The smallest absolute Gasteiger partial charge is 0.307 e. The zero-order valence-electron chi connectivity index (χ0n) is 11.2. The molecule has 2 N–H and O–H groups in total. The fourth-order valence-electron chi connectivity index (χ4n) is 1.68. The van der Waals surface area contributed by atoms with Gasteiger partial charge in [-0.15, -0.1) is 0 Å². The average molecular weight is 332 g/mol. The van der Waals surface area contributed by atoms with Crippen molar-refractivity contribution >= 4 is 21.9 Å². The van der Waals surface area contributed by atoms with Gasteiger partial charge < -0.3 is 19.9 Å². The summed E-state index contributed by atoms with van der Waals surface area (Å²) in [6, 6.07) is 3.02. The molecule has 0 radical (unpaired) electrons. The highest BCUT2D eigenvalue weighted by atomic mass is 79.9. The van der Waals surface area contributed by atoms with Crippen LogP contribution in [0.15, 0.2) is 16.6 Å². The van der Waals surface area contributed by atoms with Gasteiger partial charge in [-0.05, 0) is 35.0 Å². The minimum absolute atomic E-state index is 0.0922. The highest BCUT2D eigenvalue weighted by Gasteiger charge is 2.19. The summed E-state index contributed by atoms with van der Waals surface area (Å²) in [7, 11) is 3.11. The molecule has 0 bridgehead atoms. The Labute approximate surface area is 121 Å². The molecule has 1 aromatic rings. The van der Waals surface area contributed by atoms with Crippen molar-refractivity contribution in [1.29, 1.82) is 0 Å². The lowest BCUT2D eigenvalue weighted by Crippen LogP contribution is -2.18. The number of halogens is 1. The van der Waals surface area contributed by atoms with E-state index in [-0.39, 0.29) is 12.4 Å². The predicted molar refractivity (Wildman–Crippen MR) is 75.4 cm³/mol. The maximum atomic E-state index is 11.5. The first kappa shape index (κ1) is 15.8. The Morgan fingerprint density at radius 3 is 2.47 bits per heavy atom. The zero-order valence-corrected chi connectivity index (χ0v) is 12.8. The summed E-state index contributed by atoms with van der Waals surface area (Å²) in [6.07, 6.45) is 0.0922. The van der Waals surface area contributed by atoms with E-state index in [2.05, 4.69) is 15.9 Å². The number of nitrogens with two attached hydrogens (primary N) is 1. The van der Waals surface area contributed by atoms with Crippen molar-refractivity contribution < 1.29 is 19.0 Å². The van der Waals surface area contributed by atoms with Crippen LogP contribution in [0.2, 0.25) is 0 Å². The molecule has 0 fully saturated rings. The van der Waals surface area contributed by atoms with Crippen LogP contribution in [0.5, 0.6) is 11.5 Å². The Hall–Kier alpha value is -1.27. The number of hydrogen-bond acceptors (Lipinski definition) is 5. The van der Waals surface area contributed by atoms with Crippen molar-refractivity contribution in [2.45, 2.75) is 19.4 Å². The molecule has 0 aliphatic heterocycles. The van der Waals surface area contributed by atoms with E-state index in [0.29, 0.717) is 23.7 Å². The van der Waals surface area contributed by atoms with Crippen LogP contribution in [0.1, 0.15) is 24.9 Å². The minimum atomic E-state index is -0.504. The van der Waals surface area contributed by atoms with Crippen molar-refractivity contribution in [3.05, 3.63) is 22.2 Å². The fraction of sp³-hybridized carbons (Fsp3) is 0.462. The molecule has 5 nitrogen and oxygen atoms in total. The summed E-state index contributed by atoms with van der Waals surface area (Å²) < 4.78 is 16.1. The van der Waals surface area contributed by atoms with E-state index in [9.17, 15) is 4.79 Å². The molecule has 19 heavy (non-hydrogen) atoms. The Kier molecular flexibility index (Phi) is 6.11. The Bertz CT molecular complexity index is 451. The van der Waals surface area contributed by atoms with E-state index in [0.717, 1.165) is 4.47 Å². The Morgan fingerprint density at radius 2 is 1.95 bits per heavy atom. The van der Waals surface area contributed by atoms with Gasteiger partial charge in [-0.3, -0.25) is 4.79 Å². The molecule has 0 spiro atoms. The standard InChI is InChI=1S/C13H18BrNO4/c1-4-19-13(16)7-10(15)8-5-12(18-3)9(14)6-11(8)17-2/h5-6,10H,4,7,15H2,1-3H3/t10-/m1/s1. The van der Waals surface area contributed by atoms with Crippen molar-refractivity contribution in [3.63, 3.8) is 0 Å². The zero-order chi connectivity index (χ0) is 14.4. The van der Waals surface area contributed by atoms with Crippen LogP contribution in [0, 0.1) is 0 Å². The molecule has 0 aliphatic rings. The monoisotopic (exact) mass is 331 g/mol. The van der Waals surface area contributed by atoms with E-state index >= 15 is 0 Å². The van der Waals surface area contributed by atoms with Gasteiger partial charge >= 0.3 is 5.97 Å². The second-order valence-electron chi connectivity index (χ2n) is 3.84. The van der Waals surface area contributed by atoms with Crippen molar-refractivity contribution in [3.8, 4) is 11.5 Å². The van der Waals surface area contributed by atoms with Gasteiger partial charge in [-0.25, -0.2) is 0 Å². The highest BCUT2D eigenvalue weighted by Crippen LogP contribution is 2.36. The molecule has 0 saturated heterocycles. The lowest BCUT2D eigenvalue weighted by Gasteiger charge is -2.17. The van der Waals surface area contributed by atoms with Gasteiger partial charge in [-0.1, -0.05) is 0 Å². The molecule has 1 aromatic carbocycles. The molecule has 1 atom stereocenters. The molecule has 0 aliphatic carbocycles. The summed E-state index contributed by atoms with van der Waals surface area (Å²) >= 11 is 3.37. The van der Waals surface area contributed by atoms with E-state index < -0.39 is 6.04 Å². The molecule has 1 rings (SSSR count). The van der Waals surface area contributed by atoms with E-state index in [4.69, 9.17) is 19.9 Å². The molecule has 0 saturated carbocycles. The Morgan fingerprint density at radius 1 is 1.32 bits per heavy atom. The molecule has 0 aromatic heterocycles. The number of esters is 1. The van der Waals surface area contributed by atoms with Crippen LogP contribution in [0.4, 0.5) is 0 Å². The van der Waals surface area contributed by atoms with Crippen molar-refractivity contribution in [1.82, 2.24) is 0 Å². The lowest BCUT2D eigenvalue weighted by atomic mass is 10.0. The second-order valence-corrected chi connectivity index (χ2v) is 4.70. The van der Waals surface area contributed by atoms with Crippen molar-refractivity contribution in [2.24, 2.45) is 5.73 Å². The third-order valence-corrected chi connectivity index (χ3v) is 3.22. The first-order valence-electron chi connectivity index (χ1n) is 5.86. The number of ether oxygens (including phenoxy) is 3. The topological polar surface area (TPSA) is 70.8 Å². The SMILES string of the molecule is CCOC(=O)C[C@@H](N)c1cc(OC)c(Br)cc1OC. The van der Waals surface area contributed by atoms with Gasteiger partial charge in [0.25, 0.3) is 0 Å². The minimum Gasteiger partial charge on any atom is -0.496 e. The Balaban J connectivity index is 3.00. The molecule has 0 amide bonds. The van der Waals surface area contributed by atoms with Crippen LogP contribution in [-0.4, -0.2) is 26.8 Å². The fourth-order valence-corrected chi connectivity index (χ4v) is 2.17. The van der Waals surface area contributed by atoms with Gasteiger partial charge in [0.15, 0.2) is 0 Å². The number of methoxy groups -OCH3 is 2. The highest BCUT2D eigenvalue weighted by molar-refractivity contribution is 9.10. The molecule has 106 valence electrons. The summed E-state index contributed by atoms with van der Waals surface area (Å²) in [5, 5.41) is 0. The van der Waals surface area contributed by atoms with Gasteiger partial charge in [0.1, 0.15) is 11.5 Å². The first-order chi connectivity index (χ1) is 9.03. The second kappa shape index (κ2) is 7.35. The van der Waals surface area contributed by atoms with E-state index in [1.807, 2.05) is 0 Å². The van der Waals surface area contributed by atoms with Gasteiger partial charge in [-0.2, -0.15) is 0 Å². The molecule has 0 heterocycles. The van der Waals surface area contributed by atoms with Crippen LogP contribution < -0.4 is 15.2 Å². The summed E-state index contributed by atoms with van der Waals surface area (Å²) in [6.45, 7) is 2.10. The average Bonchev–Trinajstić information content (AvgIpc) is 2.38. The predicted octanol–water partition coefficient (Wildman–Crippen LogP) is 2.42. The number of carbonyl (C=O) groups is 1. The lowest BCUT2D eigenvalue weighted by molar-refractivity contribution is -0.143. The maximum absolute atomic E-state index is 11.5. The first-order valence-corrected chi connectivity index (χ1v) is 6.65. The summed E-state index contributed by atoms with van der Waals surface area (Å²) in [5.74, 6) is 0.901. The number of carbonyl (C=O) groups excluding carboxylic acids is 1. The van der Waals surface area contributed by atoms with E-state index in [1.165, 1.54) is 0 Å². The third-order valence-electron chi connectivity index (χ3n) is 2.60. The third kappa shape index (κ3) is 4.11. The summed E-state index contributed by atoms with van der Waals surface area (Å²) in [5.41, 5.74) is 6.73. The van der Waals surface area contributed by atoms with Crippen LogP contribution in [-0.2, 0) is 9.53 Å². The summed E-state index contributed by atoms with van der Waals surface area (Å²) in [4.78, 5) is 11.5. The molecular weight excluding hydrogens is 314 g/mol. The van der Waals surface area contributed by atoms with Crippen LogP contribution in [0.25, 0.3) is 0 Å². The number of rotatable bonds is 6. The van der Waals surface area contributed by atoms with Crippen LogP contribution >= 0.6 is 15.9 Å². The quantitative estimate of drug-likeness (QED) is 0.810. The largest absolute Gasteiger partial charge is 0.496 e. The number of benzene rings is 1. The molecule has 6 heteroatoms. The van der Waals surface area contributed by atoms with Gasteiger partial charge in [0.05, 0.1) is 31.7 Å².